The van der Waals surface area contributed by atoms with Crippen molar-refractivity contribution >= 4 is 23.2 Å². The normalized spacial score (nSPS) is 10.6. The number of halogens is 3. The molecular weight excluding hydrogens is 260 g/mol. The summed E-state index contributed by atoms with van der Waals surface area (Å²) in [5.41, 5.74) is 7.72. The van der Waals surface area contributed by atoms with Crippen LogP contribution in [0.5, 0.6) is 0 Å². The van der Waals surface area contributed by atoms with E-state index >= 15 is 0 Å². The van der Waals surface area contributed by atoms with Gasteiger partial charge in [0.1, 0.15) is 5.82 Å². The number of nitrogens with two attached hydrogens (primary N) is 1. The van der Waals surface area contributed by atoms with E-state index < -0.39 is 0 Å². The third-order valence-corrected chi connectivity index (χ3v) is 3.13. The maximum absolute atomic E-state index is 13.2. The van der Waals surface area contributed by atoms with Crippen molar-refractivity contribution in [1.29, 1.82) is 0 Å². The Labute approximate surface area is 109 Å². The first-order chi connectivity index (χ1) is 8.11. The van der Waals surface area contributed by atoms with E-state index in [2.05, 4.69) is 0 Å². The Morgan fingerprint density at radius 2 is 1.71 bits per heavy atom. The van der Waals surface area contributed by atoms with Gasteiger partial charge in [-0.25, -0.2) is 4.39 Å². The molecule has 2 aromatic rings. The quantitative estimate of drug-likeness (QED) is 0.866. The highest BCUT2D eigenvalue weighted by atomic mass is 35.5. The number of benzene rings is 2. The van der Waals surface area contributed by atoms with Crippen LogP contribution >= 0.6 is 23.2 Å². The second kappa shape index (κ2) is 5.05. The zero-order valence-electron chi connectivity index (χ0n) is 8.88. The Morgan fingerprint density at radius 1 is 0.941 bits per heavy atom. The van der Waals surface area contributed by atoms with Crippen LogP contribution < -0.4 is 5.73 Å². The summed E-state index contributed by atoms with van der Waals surface area (Å²) < 4.78 is 13.2. The summed E-state index contributed by atoms with van der Waals surface area (Å²) >= 11 is 12.2. The van der Waals surface area contributed by atoms with Crippen molar-refractivity contribution in [2.45, 2.75) is 6.54 Å². The Hall–Kier alpha value is -1.09. The molecule has 0 bridgehead atoms. The van der Waals surface area contributed by atoms with Crippen LogP contribution in [0, 0.1) is 5.82 Å². The van der Waals surface area contributed by atoms with Crippen molar-refractivity contribution < 1.29 is 4.39 Å². The van der Waals surface area contributed by atoms with Gasteiger partial charge in [-0.3, -0.25) is 0 Å². The average molecular weight is 270 g/mol. The van der Waals surface area contributed by atoms with E-state index in [-0.39, 0.29) is 5.82 Å². The molecule has 4 heteroatoms. The molecule has 0 aliphatic rings. The molecule has 0 aliphatic heterocycles. The number of hydrogen-bond acceptors (Lipinski definition) is 1. The molecule has 17 heavy (non-hydrogen) atoms. The minimum absolute atomic E-state index is 0.344. The summed E-state index contributed by atoms with van der Waals surface area (Å²) in [7, 11) is 0. The topological polar surface area (TPSA) is 26.0 Å². The van der Waals surface area contributed by atoms with Crippen molar-refractivity contribution in [1.82, 2.24) is 0 Å². The Kier molecular flexibility index (Phi) is 3.67. The molecule has 0 fully saturated rings. The van der Waals surface area contributed by atoms with Crippen molar-refractivity contribution in [2.24, 2.45) is 5.73 Å². The van der Waals surface area contributed by atoms with Crippen LogP contribution in [-0.2, 0) is 6.54 Å². The molecule has 0 aliphatic carbocycles. The fourth-order valence-electron chi connectivity index (χ4n) is 1.61. The van der Waals surface area contributed by atoms with E-state index in [1.807, 2.05) is 6.07 Å². The molecule has 0 unspecified atom stereocenters. The van der Waals surface area contributed by atoms with Crippen molar-refractivity contribution in [3.05, 3.63) is 57.8 Å². The molecule has 0 heterocycles. The first kappa shape index (κ1) is 12.4. The third kappa shape index (κ3) is 2.60. The molecule has 2 rings (SSSR count). The first-order valence-corrected chi connectivity index (χ1v) is 5.81. The van der Waals surface area contributed by atoms with Gasteiger partial charge in [0.15, 0.2) is 0 Å². The van der Waals surface area contributed by atoms with E-state index in [1.165, 1.54) is 18.2 Å². The van der Waals surface area contributed by atoms with Gasteiger partial charge in [-0.2, -0.15) is 0 Å². The Morgan fingerprint density at radius 3 is 2.35 bits per heavy atom. The van der Waals surface area contributed by atoms with E-state index in [0.29, 0.717) is 27.7 Å². The summed E-state index contributed by atoms with van der Waals surface area (Å²) in [5, 5.41) is 0.981. The predicted molar refractivity (Wildman–Crippen MR) is 69.7 cm³/mol. The summed E-state index contributed by atoms with van der Waals surface area (Å²) in [6.45, 7) is 0.414. The first-order valence-electron chi connectivity index (χ1n) is 5.05. The summed E-state index contributed by atoms with van der Waals surface area (Å²) in [4.78, 5) is 0. The van der Waals surface area contributed by atoms with Gasteiger partial charge < -0.3 is 5.73 Å². The van der Waals surface area contributed by atoms with Gasteiger partial charge in [0.05, 0.1) is 0 Å². The highest BCUT2D eigenvalue weighted by Crippen LogP contribution is 2.34. The molecule has 2 aromatic carbocycles. The average Bonchev–Trinajstić information content (AvgIpc) is 2.32. The van der Waals surface area contributed by atoms with Gasteiger partial charge in [0.25, 0.3) is 0 Å². The lowest BCUT2D eigenvalue weighted by molar-refractivity contribution is 0.628. The van der Waals surface area contributed by atoms with E-state index in [9.17, 15) is 4.39 Å². The Bertz CT molecular complexity index is 555. The maximum atomic E-state index is 13.2. The van der Waals surface area contributed by atoms with Crippen LogP contribution in [0.4, 0.5) is 4.39 Å². The van der Waals surface area contributed by atoms with Gasteiger partial charge in [-0.15, -0.1) is 0 Å². The van der Waals surface area contributed by atoms with Crippen molar-refractivity contribution in [3.63, 3.8) is 0 Å². The van der Waals surface area contributed by atoms with E-state index in [1.54, 1.807) is 12.1 Å². The molecule has 0 saturated carbocycles. The second-order valence-corrected chi connectivity index (χ2v) is 4.46. The van der Waals surface area contributed by atoms with Crippen LogP contribution in [-0.4, -0.2) is 0 Å². The second-order valence-electron chi connectivity index (χ2n) is 3.64. The number of hydrogen-bond donors (Lipinski definition) is 1. The molecule has 2 N–H and O–H groups in total. The van der Waals surface area contributed by atoms with E-state index in [0.717, 1.165) is 5.56 Å². The smallest absolute Gasteiger partial charge is 0.123 e. The minimum atomic E-state index is -0.344. The lowest BCUT2D eigenvalue weighted by atomic mass is 10.0. The van der Waals surface area contributed by atoms with Gasteiger partial charge in [0.2, 0.25) is 0 Å². The molecule has 0 spiro atoms. The van der Waals surface area contributed by atoms with Crippen LogP contribution in [0.25, 0.3) is 11.1 Å². The highest BCUT2D eigenvalue weighted by molar-refractivity contribution is 6.36. The molecule has 0 radical (unpaired) electrons. The molecular formula is C13H10Cl2FN. The molecule has 88 valence electrons. The predicted octanol–water partition coefficient (Wildman–Crippen LogP) is 4.26. The third-order valence-electron chi connectivity index (χ3n) is 2.49. The molecule has 0 amide bonds. The van der Waals surface area contributed by atoms with Gasteiger partial charge >= 0.3 is 0 Å². The lowest BCUT2D eigenvalue weighted by Crippen LogP contribution is -1.96. The fraction of sp³-hybridized carbons (Fsp3) is 0.0769. The van der Waals surface area contributed by atoms with Crippen LogP contribution in [0.15, 0.2) is 36.4 Å². The van der Waals surface area contributed by atoms with Gasteiger partial charge in [-0.05, 0) is 29.8 Å². The summed E-state index contributed by atoms with van der Waals surface area (Å²) in [5.74, 6) is -0.344. The molecule has 1 nitrogen and oxygen atoms in total. The van der Waals surface area contributed by atoms with Crippen LogP contribution in [0.1, 0.15) is 5.56 Å². The summed E-state index contributed by atoms with van der Waals surface area (Å²) in [6, 6.07) is 9.60. The van der Waals surface area contributed by atoms with E-state index in [4.69, 9.17) is 28.9 Å². The molecule has 0 atom stereocenters. The SMILES string of the molecule is NCc1ccc(-c2cc(F)ccc2Cl)c(Cl)c1. The van der Waals surface area contributed by atoms with Crippen molar-refractivity contribution in [2.75, 3.05) is 0 Å². The molecule has 0 aromatic heterocycles. The lowest BCUT2D eigenvalue weighted by Gasteiger charge is -2.08. The largest absolute Gasteiger partial charge is 0.326 e. The molecule has 0 saturated heterocycles. The van der Waals surface area contributed by atoms with Crippen LogP contribution in [0.3, 0.4) is 0 Å². The monoisotopic (exact) mass is 269 g/mol. The zero-order valence-corrected chi connectivity index (χ0v) is 10.4. The summed E-state index contributed by atoms with van der Waals surface area (Å²) in [6.07, 6.45) is 0. The fourth-order valence-corrected chi connectivity index (χ4v) is 2.13. The van der Waals surface area contributed by atoms with Crippen LogP contribution in [0.2, 0.25) is 10.0 Å². The number of rotatable bonds is 2. The highest BCUT2D eigenvalue weighted by Gasteiger charge is 2.09. The van der Waals surface area contributed by atoms with Crippen molar-refractivity contribution in [3.8, 4) is 11.1 Å². The minimum Gasteiger partial charge on any atom is -0.326 e. The maximum Gasteiger partial charge on any atom is 0.123 e. The zero-order chi connectivity index (χ0) is 12.4. The van der Waals surface area contributed by atoms with Gasteiger partial charge in [-0.1, -0.05) is 35.3 Å². The standard InChI is InChI=1S/C13H10Cl2FN/c14-12-4-2-9(16)6-11(12)10-3-1-8(7-17)5-13(10)15/h1-6H,7,17H2. The van der Waals surface area contributed by atoms with Gasteiger partial charge in [0, 0.05) is 27.7 Å². The Balaban J connectivity index is 2.56.